The fraction of sp³-hybridized carbons (Fsp3) is 0.333. The molecule has 0 fully saturated rings. The highest BCUT2D eigenvalue weighted by Crippen LogP contribution is 2.21. The predicted molar refractivity (Wildman–Crippen MR) is 59.9 cm³/mol. The molecule has 1 atom stereocenters. The maximum atomic E-state index is 13.0. The van der Waals surface area contributed by atoms with Crippen LogP contribution in [0.2, 0.25) is 0 Å². The Morgan fingerprint density at radius 1 is 1.56 bits per heavy atom. The van der Waals surface area contributed by atoms with Crippen LogP contribution in [0.4, 0.5) is 10.1 Å². The first kappa shape index (κ1) is 14.5. The standard InChI is InChI=1S/C9H11FN2O5S/c1-6(5-13)11-18(16,17)7-2-3-8(10)9(4-7)12(14)15/h2-4,6,11,13H,5H2,1H3. The highest BCUT2D eigenvalue weighted by Gasteiger charge is 2.22. The van der Waals surface area contributed by atoms with Gasteiger partial charge in [-0.1, -0.05) is 0 Å². The third kappa shape index (κ3) is 3.22. The van der Waals surface area contributed by atoms with Crippen LogP contribution in [-0.4, -0.2) is 31.1 Å². The summed E-state index contributed by atoms with van der Waals surface area (Å²) in [7, 11) is -4.03. The highest BCUT2D eigenvalue weighted by atomic mass is 32.2. The van der Waals surface area contributed by atoms with E-state index in [1.165, 1.54) is 6.92 Å². The van der Waals surface area contributed by atoms with E-state index in [2.05, 4.69) is 4.72 Å². The zero-order valence-corrected chi connectivity index (χ0v) is 10.1. The van der Waals surface area contributed by atoms with Crippen LogP contribution >= 0.6 is 0 Å². The second-order valence-electron chi connectivity index (χ2n) is 3.58. The summed E-state index contributed by atoms with van der Waals surface area (Å²) in [4.78, 5) is 9.05. The summed E-state index contributed by atoms with van der Waals surface area (Å²) in [5.41, 5.74) is -0.922. The van der Waals surface area contributed by atoms with E-state index in [0.29, 0.717) is 12.1 Å². The molecule has 7 nitrogen and oxygen atoms in total. The lowest BCUT2D eigenvalue weighted by Crippen LogP contribution is -2.35. The molecule has 0 heterocycles. The number of aliphatic hydroxyl groups excluding tert-OH is 1. The van der Waals surface area contributed by atoms with Crippen LogP contribution in [0.3, 0.4) is 0 Å². The fourth-order valence-corrected chi connectivity index (χ4v) is 2.42. The van der Waals surface area contributed by atoms with E-state index in [0.717, 1.165) is 6.07 Å². The number of hydrogen-bond donors (Lipinski definition) is 2. The van der Waals surface area contributed by atoms with Gasteiger partial charge < -0.3 is 5.11 Å². The number of rotatable bonds is 5. The molecule has 0 aliphatic rings. The van der Waals surface area contributed by atoms with Gasteiger partial charge in [0.2, 0.25) is 15.8 Å². The van der Waals surface area contributed by atoms with Crippen LogP contribution in [0.25, 0.3) is 0 Å². The van der Waals surface area contributed by atoms with Crippen molar-refractivity contribution in [3.8, 4) is 0 Å². The molecule has 0 bridgehead atoms. The smallest absolute Gasteiger partial charge is 0.306 e. The number of hydrogen-bond acceptors (Lipinski definition) is 5. The monoisotopic (exact) mass is 278 g/mol. The van der Waals surface area contributed by atoms with E-state index >= 15 is 0 Å². The van der Waals surface area contributed by atoms with Crippen molar-refractivity contribution in [2.75, 3.05) is 6.61 Å². The van der Waals surface area contributed by atoms with Gasteiger partial charge in [0, 0.05) is 12.1 Å². The van der Waals surface area contributed by atoms with Crippen LogP contribution in [0.1, 0.15) is 6.92 Å². The van der Waals surface area contributed by atoms with Gasteiger partial charge in [0.15, 0.2) is 0 Å². The predicted octanol–water partition coefficient (Wildman–Crippen LogP) is 0.393. The Kier molecular flexibility index (Phi) is 4.33. The zero-order valence-electron chi connectivity index (χ0n) is 9.33. The third-order valence-electron chi connectivity index (χ3n) is 2.05. The lowest BCUT2D eigenvalue weighted by molar-refractivity contribution is -0.387. The van der Waals surface area contributed by atoms with Gasteiger partial charge in [-0.3, -0.25) is 10.1 Å². The van der Waals surface area contributed by atoms with Crippen molar-refractivity contribution in [3.63, 3.8) is 0 Å². The molecule has 0 aliphatic heterocycles. The van der Waals surface area contributed by atoms with Gasteiger partial charge in [0.05, 0.1) is 16.4 Å². The van der Waals surface area contributed by atoms with Crippen molar-refractivity contribution in [2.45, 2.75) is 17.9 Å². The van der Waals surface area contributed by atoms with E-state index in [-0.39, 0.29) is 0 Å². The number of nitro benzene ring substituents is 1. The average Bonchev–Trinajstić information content (AvgIpc) is 2.28. The largest absolute Gasteiger partial charge is 0.395 e. The lowest BCUT2D eigenvalue weighted by Gasteiger charge is -2.11. The van der Waals surface area contributed by atoms with E-state index in [4.69, 9.17) is 5.11 Å². The Bertz CT molecular complexity index is 560. The second kappa shape index (κ2) is 5.38. The Morgan fingerprint density at radius 2 is 2.17 bits per heavy atom. The van der Waals surface area contributed by atoms with Gasteiger partial charge in [-0.15, -0.1) is 0 Å². The van der Waals surface area contributed by atoms with Crippen LogP contribution in [0, 0.1) is 15.9 Å². The normalized spacial score (nSPS) is 13.3. The van der Waals surface area contributed by atoms with Crippen molar-refractivity contribution >= 4 is 15.7 Å². The fourth-order valence-electron chi connectivity index (χ4n) is 1.17. The van der Waals surface area contributed by atoms with Gasteiger partial charge in [0.1, 0.15) is 0 Å². The SMILES string of the molecule is CC(CO)NS(=O)(=O)c1ccc(F)c([N+](=O)[O-])c1. The Morgan fingerprint density at radius 3 is 2.67 bits per heavy atom. The number of nitrogens with one attached hydrogen (secondary N) is 1. The summed E-state index contributed by atoms with van der Waals surface area (Å²) in [6.45, 7) is 0.984. The molecular weight excluding hydrogens is 267 g/mol. The molecule has 9 heteroatoms. The first-order valence-electron chi connectivity index (χ1n) is 4.85. The molecule has 0 amide bonds. The second-order valence-corrected chi connectivity index (χ2v) is 5.29. The number of halogens is 1. The Balaban J connectivity index is 3.18. The molecule has 0 saturated carbocycles. The van der Waals surface area contributed by atoms with E-state index in [1.54, 1.807) is 0 Å². The number of aliphatic hydroxyl groups is 1. The molecule has 2 N–H and O–H groups in total. The summed E-state index contributed by atoms with van der Waals surface area (Å²) in [5, 5.41) is 19.2. The quantitative estimate of drug-likeness (QED) is 0.598. The summed E-state index contributed by atoms with van der Waals surface area (Å²) < 4.78 is 38.6. The first-order chi connectivity index (χ1) is 8.27. The minimum atomic E-state index is -4.03. The maximum absolute atomic E-state index is 13.0. The van der Waals surface area contributed by atoms with Crippen molar-refractivity contribution in [1.29, 1.82) is 0 Å². The van der Waals surface area contributed by atoms with Crippen LogP contribution < -0.4 is 4.72 Å². The lowest BCUT2D eigenvalue weighted by atomic mass is 10.3. The first-order valence-corrected chi connectivity index (χ1v) is 6.33. The van der Waals surface area contributed by atoms with E-state index in [9.17, 15) is 22.9 Å². The van der Waals surface area contributed by atoms with Crippen LogP contribution in [0.15, 0.2) is 23.1 Å². The molecule has 1 rings (SSSR count). The summed E-state index contributed by atoms with van der Waals surface area (Å²) in [6, 6.07) is 1.49. The average molecular weight is 278 g/mol. The third-order valence-corrected chi connectivity index (χ3v) is 3.64. The van der Waals surface area contributed by atoms with Crippen LogP contribution in [0.5, 0.6) is 0 Å². The number of nitro groups is 1. The molecule has 0 aliphatic carbocycles. The molecule has 18 heavy (non-hydrogen) atoms. The number of benzene rings is 1. The van der Waals surface area contributed by atoms with E-state index < -0.39 is 44.0 Å². The summed E-state index contributed by atoms with van der Waals surface area (Å²) >= 11 is 0. The molecule has 1 aromatic rings. The molecule has 0 saturated heterocycles. The van der Waals surface area contributed by atoms with Crippen molar-refractivity contribution in [3.05, 3.63) is 34.1 Å². The van der Waals surface area contributed by atoms with Gasteiger partial charge in [-0.25, -0.2) is 13.1 Å². The van der Waals surface area contributed by atoms with Crippen LogP contribution in [-0.2, 0) is 10.0 Å². The molecule has 0 aromatic heterocycles. The molecule has 100 valence electrons. The van der Waals surface area contributed by atoms with Gasteiger partial charge >= 0.3 is 5.69 Å². The molecule has 1 aromatic carbocycles. The Labute approximate surface area is 102 Å². The number of sulfonamides is 1. The van der Waals surface area contributed by atoms with Crippen molar-refractivity contribution in [2.24, 2.45) is 0 Å². The van der Waals surface area contributed by atoms with Gasteiger partial charge in [-0.05, 0) is 19.1 Å². The maximum Gasteiger partial charge on any atom is 0.306 e. The van der Waals surface area contributed by atoms with Crippen molar-refractivity contribution < 1.29 is 22.8 Å². The topological polar surface area (TPSA) is 110 Å². The highest BCUT2D eigenvalue weighted by molar-refractivity contribution is 7.89. The summed E-state index contributed by atoms with van der Waals surface area (Å²) in [6.07, 6.45) is 0. The molecule has 0 spiro atoms. The van der Waals surface area contributed by atoms with E-state index in [1.807, 2.05) is 0 Å². The van der Waals surface area contributed by atoms with Crippen molar-refractivity contribution in [1.82, 2.24) is 4.72 Å². The number of nitrogens with zero attached hydrogens (tertiary/aromatic N) is 1. The molecule has 1 unspecified atom stereocenters. The van der Waals surface area contributed by atoms with Gasteiger partial charge in [0.25, 0.3) is 0 Å². The van der Waals surface area contributed by atoms with Gasteiger partial charge in [-0.2, -0.15) is 4.39 Å². The Hall–Kier alpha value is -1.58. The zero-order chi connectivity index (χ0) is 13.9. The minimum Gasteiger partial charge on any atom is -0.395 e. The minimum absolute atomic E-state index is 0.428. The molecule has 0 radical (unpaired) electrons. The summed E-state index contributed by atoms with van der Waals surface area (Å²) in [5.74, 6) is -1.12. The molecular formula is C9H11FN2O5S.